The third-order valence-electron chi connectivity index (χ3n) is 2.13. The molecule has 0 saturated heterocycles. The molecule has 0 aliphatic carbocycles. The summed E-state index contributed by atoms with van der Waals surface area (Å²) in [5, 5.41) is 24.5. The molecular formula is C9H15N3O3S. The van der Waals surface area contributed by atoms with Gasteiger partial charge in [0.25, 0.3) is 0 Å². The Kier molecular flexibility index (Phi) is 4.31. The predicted molar refractivity (Wildman–Crippen MR) is 61.6 cm³/mol. The number of hydrogen-bond donors (Lipinski definition) is 1. The average Bonchev–Trinajstić information content (AvgIpc) is 2.55. The van der Waals surface area contributed by atoms with Crippen molar-refractivity contribution in [3.8, 4) is 0 Å². The number of thioether (sulfide) groups is 1. The van der Waals surface area contributed by atoms with Crippen molar-refractivity contribution in [1.82, 2.24) is 9.78 Å². The van der Waals surface area contributed by atoms with Crippen LogP contribution in [0.2, 0.25) is 0 Å². The Morgan fingerprint density at radius 2 is 2.31 bits per heavy atom. The standard InChI is InChI=1S/C9H15N3O3S/c1-4-7-8(12(14)15)9(11(3)10-7)16-6(2)5-13/h6,13H,4-5H2,1-3H3. The van der Waals surface area contributed by atoms with Crippen molar-refractivity contribution in [2.24, 2.45) is 7.05 Å². The van der Waals surface area contributed by atoms with Gasteiger partial charge in [0.15, 0.2) is 5.03 Å². The van der Waals surface area contributed by atoms with E-state index in [0.717, 1.165) is 0 Å². The Labute approximate surface area is 97.8 Å². The highest BCUT2D eigenvalue weighted by Crippen LogP contribution is 2.34. The van der Waals surface area contributed by atoms with Crippen LogP contribution in [-0.2, 0) is 13.5 Å². The lowest BCUT2D eigenvalue weighted by Crippen LogP contribution is -2.05. The van der Waals surface area contributed by atoms with Crippen molar-refractivity contribution >= 4 is 17.4 Å². The predicted octanol–water partition coefficient (Wildman–Crippen LogP) is 1.36. The molecule has 1 unspecified atom stereocenters. The molecule has 16 heavy (non-hydrogen) atoms. The summed E-state index contributed by atoms with van der Waals surface area (Å²) >= 11 is 1.27. The van der Waals surface area contributed by atoms with Crippen molar-refractivity contribution in [2.45, 2.75) is 30.5 Å². The SMILES string of the molecule is CCc1nn(C)c(SC(C)CO)c1[N+](=O)[O-]. The molecule has 90 valence electrons. The van der Waals surface area contributed by atoms with Gasteiger partial charge >= 0.3 is 5.69 Å². The summed E-state index contributed by atoms with van der Waals surface area (Å²) in [5.74, 6) is 0. The molecule has 0 bridgehead atoms. The second kappa shape index (κ2) is 5.31. The summed E-state index contributed by atoms with van der Waals surface area (Å²) in [6.07, 6.45) is 0.526. The molecule has 1 atom stereocenters. The van der Waals surface area contributed by atoms with E-state index >= 15 is 0 Å². The second-order valence-corrected chi connectivity index (χ2v) is 4.87. The maximum atomic E-state index is 11.0. The van der Waals surface area contributed by atoms with Gasteiger partial charge in [0.05, 0.1) is 11.5 Å². The molecule has 1 heterocycles. The normalized spacial score (nSPS) is 12.8. The van der Waals surface area contributed by atoms with Crippen molar-refractivity contribution in [3.05, 3.63) is 15.8 Å². The van der Waals surface area contributed by atoms with Gasteiger partial charge < -0.3 is 5.11 Å². The topological polar surface area (TPSA) is 81.2 Å². The molecule has 0 fully saturated rings. The first-order chi connectivity index (χ1) is 7.51. The first kappa shape index (κ1) is 13.0. The lowest BCUT2D eigenvalue weighted by Gasteiger charge is -2.06. The number of aromatic nitrogens is 2. The van der Waals surface area contributed by atoms with E-state index in [4.69, 9.17) is 5.11 Å². The van der Waals surface area contributed by atoms with Gasteiger partial charge in [-0.25, -0.2) is 0 Å². The number of nitrogens with zero attached hydrogens (tertiary/aromatic N) is 3. The van der Waals surface area contributed by atoms with E-state index in [9.17, 15) is 10.1 Å². The number of aliphatic hydroxyl groups excluding tert-OH is 1. The van der Waals surface area contributed by atoms with Crippen LogP contribution in [-0.4, -0.2) is 31.7 Å². The first-order valence-corrected chi connectivity index (χ1v) is 5.87. The summed E-state index contributed by atoms with van der Waals surface area (Å²) < 4.78 is 1.51. The van der Waals surface area contributed by atoms with Gasteiger partial charge in [-0.1, -0.05) is 25.6 Å². The van der Waals surface area contributed by atoms with Crippen LogP contribution in [0.4, 0.5) is 5.69 Å². The van der Waals surface area contributed by atoms with Gasteiger partial charge in [0.1, 0.15) is 5.69 Å². The van der Waals surface area contributed by atoms with Crippen molar-refractivity contribution in [1.29, 1.82) is 0 Å². The van der Waals surface area contributed by atoms with E-state index in [1.54, 1.807) is 7.05 Å². The smallest absolute Gasteiger partial charge is 0.323 e. The molecule has 1 aromatic rings. The van der Waals surface area contributed by atoms with Crippen LogP contribution >= 0.6 is 11.8 Å². The van der Waals surface area contributed by atoms with Gasteiger partial charge in [-0.15, -0.1) is 0 Å². The van der Waals surface area contributed by atoms with Gasteiger partial charge in [-0.3, -0.25) is 14.8 Å². The first-order valence-electron chi connectivity index (χ1n) is 4.99. The van der Waals surface area contributed by atoms with Crippen LogP contribution in [0.3, 0.4) is 0 Å². The zero-order chi connectivity index (χ0) is 12.3. The van der Waals surface area contributed by atoms with E-state index in [0.29, 0.717) is 17.1 Å². The fraction of sp³-hybridized carbons (Fsp3) is 0.667. The third-order valence-corrected chi connectivity index (χ3v) is 3.36. The van der Waals surface area contributed by atoms with Gasteiger partial charge in [0, 0.05) is 12.3 Å². The molecule has 0 spiro atoms. The zero-order valence-corrected chi connectivity index (χ0v) is 10.3. The number of rotatable bonds is 5. The molecule has 1 aromatic heterocycles. The Morgan fingerprint density at radius 3 is 2.75 bits per heavy atom. The zero-order valence-electron chi connectivity index (χ0n) is 9.51. The van der Waals surface area contributed by atoms with Crippen LogP contribution in [0.25, 0.3) is 0 Å². The van der Waals surface area contributed by atoms with Crippen LogP contribution in [0.15, 0.2) is 5.03 Å². The average molecular weight is 245 g/mol. The van der Waals surface area contributed by atoms with E-state index < -0.39 is 4.92 Å². The summed E-state index contributed by atoms with van der Waals surface area (Å²) in [7, 11) is 1.68. The van der Waals surface area contributed by atoms with Crippen LogP contribution in [0.1, 0.15) is 19.5 Å². The minimum atomic E-state index is -0.405. The fourth-order valence-corrected chi connectivity index (χ4v) is 2.29. The highest BCUT2D eigenvalue weighted by atomic mass is 32.2. The highest BCUT2D eigenvalue weighted by molar-refractivity contribution is 8.00. The van der Waals surface area contributed by atoms with Gasteiger partial charge in [-0.2, -0.15) is 5.10 Å². The highest BCUT2D eigenvalue weighted by Gasteiger charge is 2.26. The Hall–Kier alpha value is -1.08. The van der Waals surface area contributed by atoms with Crippen molar-refractivity contribution in [3.63, 3.8) is 0 Å². The van der Waals surface area contributed by atoms with E-state index in [2.05, 4.69) is 5.10 Å². The number of aryl methyl sites for hydroxylation is 2. The van der Waals surface area contributed by atoms with E-state index in [1.165, 1.54) is 16.4 Å². The van der Waals surface area contributed by atoms with Gasteiger partial charge in [-0.05, 0) is 6.42 Å². The molecule has 0 aliphatic rings. The quantitative estimate of drug-likeness (QED) is 0.481. The number of hydrogen-bond acceptors (Lipinski definition) is 5. The maximum Gasteiger partial charge on any atom is 0.323 e. The minimum absolute atomic E-state index is 0.0194. The third kappa shape index (κ3) is 2.53. The molecular weight excluding hydrogens is 230 g/mol. The summed E-state index contributed by atoms with van der Waals surface area (Å²) in [5.41, 5.74) is 0.551. The summed E-state index contributed by atoms with van der Waals surface area (Å²) in [4.78, 5) is 10.6. The van der Waals surface area contributed by atoms with E-state index in [1.807, 2.05) is 13.8 Å². The Balaban J connectivity index is 3.15. The molecule has 0 radical (unpaired) electrons. The summed E-state index contributed by atoms with van der Waals surface area (Å²) in [6, 6.07) is 0. The van der Waals surface area contributed by atoms with Crippen LogP contribution in [0, 0.1) is 10.1 Å². The number of aliphatic hydroxyl groups is 1. The molecule has 1 rings (SSSR count). The molecule has 7 heteroatoms. The Morgan fingerprint density at radius 1 is 1.69 bits per heavy atom. The minimum Gasteiger partial charge on any atom is -0.395 e. The van der Waals surface area contributed by atoms with Crippen molar-refractivity contribution < 1.29 is 10.0 Å². The monoisotopic (exact) mass is 245 g/mol. The largest absolute Gasteiger partial charge is 0.395 e. The van der Waals surface area contributed by atoms with Crippen molar-refractivity contribution in [2.75, 3.05) is 6.61 Å². The van der Waals surface area contributed by atoms with E-state index in [-0.39, 0.29) is 17.5 Å². The van der Waals surface area contributed by atoms with Crippen LogP contribution in [0.5, 0.6) is 0 Å². The fourth-order valence-electron chi connectivity index (χ4n) is 1.33. The maximum absolute atomic E-state index is 11.0. The number of nitro groups is 1. The molecule has 0 aromatic carbocycles. The molecule has 0 aliphatic heterocycles. The Bertz CT molecular complexity index is 392. The lowest BCUT2D eigenvalue weighted by molar-refractivity contribution is -0.388. The lowest BCUT2D eigenvalue weighted by atomic mass is 10.3. The molecule has 0 saturated carbocycles. The molecule has 1 N–H and O–H groups in total. The molecule has 0 amide bonds. The molecule has 6 nitrogen and oxygen atoms in total. The van der Waals surface area contributed by atoms with Crippen LogP contribution < -0.4 is 0 Å². The summed E-state index contributed by atoms with van der Waals surface area (Å²) in [6.45, 7) is 3.63. The second-order valence-electron chi connectivity index (χ2n) is 3.45. The van der Waals surface area contributed by atoms with Gasteiger partial charge in [0.2, 0.25) is 0 Å².